The molecule has 0 rings (SSSR count). The van der Waals surface area contributed by atoms with Gasteiger partial charge in [-0.1, -0.05) is 5.92 Å². The number of carbonyl (C=O) groups is 1. The third kappa shape index (κ3) is 6.99. The molecule has 0 heterocycles. The van der Waals surface area contributed by atoms with E-state index >= 15 is 0 Å². The van der Waals surface area contributed by atoms with Gasteiger partial charge in [0.15, 0.2) is 0 Å². The number of primary amides is 1. The smallest absolute Gasteiger partial charge is 0.293 e. The van der Waals surface area contributed by atoms with Crippen LogP contribution in [0.3, 0.4) is 0 Å². The molecule has 0 aliphatic heterocycles. The fourth-order valence-electron chi connectivity index (χ4n) is 0.276. The average Bonchev–Trinajstić information content (AvgIpc) is 1.80. The highest BCUT2D eigenvalue weighted by molar-refractivity contribution is 5.91. The Morgan fingerprint density at radius 2 is 2.44 bits per heavy atom. The summed E-state index contributed by atoms with van der Waals surface area (Å²) in [5.74, 6) is 3.97. The van der Waals surface area contributed by atoms with Crippen molar-refractivity contribution in [2.75, 3.05) is 13.2 Å². The van der Waals surface area contributed by atoms with Gasteiger partial charge in [0.25, 0.3) is 5.91 Å². The maximum absolute atomic E-state index is 9.96. The number of hydrogen-bond donors (Lipinski definition) is 1. The van der Waals surface area contributed by atoms with Gasteiger partial charge < -0.3 is 10.5 Å². The van der Waals surface area contributed by atoms with E-state index in [0.717, 1.165) is 0 Å². The van der Waals surface area contributed by atoms with Gasteiger partial charge in [-0.25, -0.2) is 0 Å². The van der Waals surface area contributed by atoms with Crippen LogP contribution in [0.4, 0.5) is 0 Å². The number of rotatable bonds is 2. The minimum absolute atomic E-state index is 0.277. The molecule has 0 aromatic heterocycles. The Hall–Kier alpha value is -1.01. The van der Waals surface area contributed by atoms with E-state index in [1.165, 1.54) is 0 Å². The molecule has 3 heteroatoms. The highest BCUT2D eigenvalue weighted by Crippen LogP contribution is 1.67. The molecule has 50 valence electrons. The Labute approximate surface area is 54.2 Å². The Balaban J connectivity index is 3.27. The van der Waals surface area contributed by atoms with Gasteiger partial charge >= 0.3 is 0 Å². The van der Waals surface area contributed by atoms with Gasteiger partial charge in [0, 0.05) is 6.61 Å². The lowest BCUT2D eigenvalue weighted by molar-refractivity contribution is -0.112. The second-order valence-corrected chi connectivity index (χ2v) is 1.30. The molecule has 0 atom stereocenters. The van der Waals surface area contributed by atoms with E-state index in [0.29, 0.717) is 6.61 Å². The molecule has 0 fully saturated rings. The minimum Gasteiger partial charge on any atom is -0.369 e. The summed E-state index contributed by atoms with van der Waals surface area (Å²) in [6.45, 7) is 2.73. The number of amides is 1. The topological polar surface area (TPSA) is 52.3 Å². The lowest BCUT2D eigenvalue weighted by Crippen LogP contribution is -2.06. The van der Waals surface area contributed by atoms with Crippen LogP contribution in [-0.4, -0.2) is 19.1 Å². The Bertz CT molecular complexity index is 143. The molecule has 0 bridgehead atoms. The number of ether oxygens (including phenoxy) is 1. The van der Waals surface area contributed by atoms with Crippen molar-refractivity contribution in [3.63, 3.8) is 0 Å². The van der Waals surface area contributed by atoms with Crippen molar-refractivity contribution in [2.24, 2.45) is 5.73 Å². The minimum atomic E-state index is -0.616. The molecule has 0 saturated carbocycles. The van der Waals surface area contributed by atoms with E-state index in [1.807, 2.05) is 6.92 Å². The van der Waals surface area contributed by atoms with Crippen molar-refractivity contribution < 1.29 is 9.53 Å². The standard InChI is InChI=1S/C6H9NO2/c1-2-9-5-3-4-6(7)8/h2,5H2,1H3,(H2,7,8). The summed E-state index contributed by atoms with van der Waals surface area (Å²) in [6.07, 6.45) is 0. The zero-order valence-electron chi connectivity index (χ0n) is 5.31. The highest BCUT2D eigenvalue weighted by Gasteiger charge is 1.78. The van der Waals surface area contributed by atoms with Crippen LogP contribution in [0.1, 0.15) is 6.92 Å². The summed E-state index contributed by atoms with van der Waals surface area (Å²) in [7, 11) is 0. The van der Waals surface area contributed by atoms with E-state index in [4.69, 9.17) is 10.5 Å². The molecule has 0 spiro atoms. The van der Waals surface area contributed by atoms with Gasteiger partial charge in [-0.2, -0.15) is 0 Å². The molecule has 0 aromatic carbocycles. The maximum Gasteiger partial charge on any atom is 0.293 e. The Morgan fingerprint density at radius 1 is 1.78 bits per heavy atom. The van der Waals surface area contributed by atoms with Crippen LogP contribution >= 0.6 is 0 Å². The third-order valence-corrected chi connectivity index (χ3v) is 0.590. The molecule has 3 nitrogen and oxygen atoms in total. The maximum atomic E-state index is 9.96. The van der Waals surface area contributed by atoms with E-state index in [1.54, 1.807) is 0 Å². The molecule has 0 aromatic rings. The van der Waals surface area contributed by atoms with Crippen molar-refractivity contribution in [2.45, 2.75) is 6.92 Å². The molecule has 0 aliphatic carbocycles. The molecular weight excluding hydrogens is 118 g/mol. The Kier molecular flexibility index (Phi) is 4.56. The molecule has 0 saturated heterocycles. The first-order valence-corrected chi connectivity index (χ1v) is 2.63. The fraction of sp³-hybridized carbons (Fsp3) is 0.500. The fourth-order valence-corrected chi connectivity index (χ4v) is 0.276. The lowest BCUT2D eigenvalue weighted by atomic mass is 10.6. The lowest BCUT2D eigenvalue weighted by Gasteiger charge is -1.87. The summed E-state index contributed by atoms with van der Waals surface area (Å²) in [5, 5.41) is 0. The van der Waals surface area contributed by atoms with E-state index in [9.17, 15) is 4.79 Å². The zero-order chi connectivity index (χ0) is 7.11. The first-order valence-electron chi connectivity index (χ1n) is 2.63. The summed E-state index contributed by atoms with van der Waals surface area (Å²) in [6, 6.07) is 0. The molecule has 1 amide bonds. The van der Waals surface area contributed by atoms with Crippen molar-refractivity contribution in [3.05, 3.63) is 0 Å². The van der Waals surface area contributed by atoms with Crippen LogP contribution in [0.15, 0.2) is 0 Å². The quantitative estimate of drug-likeness (QED) is 0.402. The molecule has 0 radical (unpaired) electrons. The molecule has 0 aliphatic rings. The van der Waals surface area contributed by atoms with Gasteiger partial charge in [-0.3, -0.25) is 4.79 Å². The Morgan fingerprint density at radius 3 is 2.89 bits per heavy atom. The summed E-state index contributed by atoms with van der Waals surface area (Å²) >= 11 is 0. The normalized spacial score (nSPS) is 7.67. The van der Waals surface area contributed by atoms with E-state index < -0.39 is 5.91 Å². The van der Waals surface area contributed by atoms with Crippen LogP contribution in [-0.2, 0) is 9.53 Å². The predicted molar refractivity (Wildman–Crippen MR) is 33.5 cm³/mol. The summed E-state index contributed by atoms with van der Waals surface area (Å²) in [4.78, 5) is 9.96. The van der Waals surface area contributed by atoms with Gasteiger partial charge in [0.1, 0.15) is 6.61 Å². The summed E-state index contributed by atoms with van der Waals surface area (Å²) < 4.78 is 4.80. The molecule has 9 heavy (non-hydrogen) atoms. The average molecular weight is 127 g/mol. The van der Waals surface area contributed by atoms with Crippen molar-refractivity contribution in [3.8, 4) is 11.8 Å². The van der Waals surface area contributed by atoms with Gasteiger partial charge in [-0.05, 0) is 12.8 Å². The van der Waals surface area contributed by atoms with Gasteiger partial charge in [0.2, 0.25) is 0 Å². The monoisotopic (exact) mass is 127 g/mol. The SMILES string of the molecule is CCOCC#CC(N)=O. The zero-order valence-corrected chi connectivity index (χ0v) is 5.31. The first-order chi connectivity index (χ1) is 4.27. The first kappa shape index (κ1) is 7.99. The van der Waals surface area contributed by atoms with E-state index in [-0.39, 0.29) is 6.61 Å². The molecule has 0 unspecified atom stereocenters. The second-order valence-electron chi connectivity index (χ2n) is 1.30. The highest BCUT2D eigenvalue weighted by atomic mass is 16.5. The van der Waals surface area contributed by atoms with Crippen LogP contribution in [0, 0.1) is 11.8 Å². The second kappa shape index (κ2) is 5.13. The van der Waals surface area contributed by atoms with E-state index in [2.05, 4.69) is 11.8 Å². The predicted octanol–water partition coefficient (Wildman–Crippen LogP) is -0.488. The van der Waals surface area contributed by atoms with Gasteiger partial charge in [0.05, 0.1) is 0 Å². The molecule has 2 N–H and O–H groups in total. The van der Waals surface area contributed by atoms with Crippen LogP contribution in [0.25, 0.3) is 0 Å². The number of carbonyl (C=O) groups excluding carboxylic acids is 1. The largest absolute Gasteiger partial charge is 0.369 e. The van der Waals surface area contributed by atoms with Crippen molar-refractivity contribution >= 4 is 5.91 Å². The number of nitrogens with two attached hydrogens (primary N) is 1. The van der Waals surface area contributed by atoms with Crippen LogP contribution < -0.4 is 5.73 Å². The van der Waals surface area contributed by atoms with Crippen LogP contribution in [0.2, 0.25) is 0 Å². The summed E-state index contributed by atoms with van der Waals surface area (Å²) in [5.41, 5.74) is 4.71. The van der Waals surface area contributed by atoms with Crippen LogP contribution in [0.5, 0.6) is 0 Å². The van der Waals surface area contributed by atoms with Crippen molar-refractivity contribution in [1.29, 1.82) is 0 Å². The van der Waals surface area contributed by atoms with Gasteiger partial charge in [-0.15, -0.1) is 0 Å². The third-order valence-electron chi connectivity index (χ3n) is 0.590. The van der Waals surface area contributed by atoms with Crippen molar-refractivity contribution in [1.82, 2.24) is 0 Å². The molecular formula is C6H9NO2. The number of hydrogen-bond acceptors (Lipinski definition) is 2.